The highest BCUT2D eigenvalue weighted by Gasteiger charge is 2.33. The number of aliphatic hydroxyl groups excluding tert-OH is 1. The van der Waals surface area contributed by atoms with Crippen molar-refractivity contribution in [3.63, 3.8) is 0 Å². The molecular formula is C28H31F3N6O2S. The van der Waals surface area contributed by atoms with Gasteiger partial charge in [-0.25, -0.2) is 18.6 Å². The largest absolute Gasteiger partial charge is 0.397 e. The lowest BCUT2D eigenvalue weighted by molar-refractivity contribution is 0.0771. The van der Waals surface area contributed by atoms with Crippen molar-refractivity contribution in [1.82, 2.24) is 15.6 Å². The van der Waals surface area contributed by atoms with Crippen LogP contribution in [-0.2, 0) is 0 Å². The molecule has 3 aromatic rings. The summed E-state index contributed by atoms with van der Waals surface area (Å²) in [5, 5.41) is 23.4. The average Bonchev–Trinajstić information content (AvgIpc) is 3.19. The second kappa shape index (κ2) is 11.9. The number of nitrogens with two attached hydrogens (primary N) is 1. The highest BCUT2D eigenvalue weighted by atomic mass is 32.1. The lowest BCUT2D eigenvalue weighted by atomic mass is 9.98. The summed E-state index contributed by atoms with van der Waals surface area (Å²) in [5.74, 6) is -3.51. The van der Waals surface area contributed by atoms with Crippen LogP contribution in [0.4, 0.5) is 24.5 Å². The first kappa shape index (κ1) is 29.4. The van der Waals surface area contributed by atoms with Crippen LogP contribution in [0, 0.1) is 28.8 Å². The van der Waals surface area contributed by atoms with Gasteiger partial charge < -0.3 is 21.1 Å². The molecule has 212 valence electrons. The molecule has 1 aliphatic rings. The lowest BCUT2D eigenvalue weighted by Gasteiger charge is -2.39. The van der Waals surface area contributed by atoms with Gasteiger partial charge in [0.2, 0.25) is 0 Å². The first-order chi connectivity index (χ1) is 19.0. The number of nitriles is 1. The Morgan fingerprint density at radius 2 is 1.95 bits per heavy atom. The van der Waals surface area contributed by atoms with Gasteiger partial charge in [0.15, 0.2) is 11.6 Å². The minimum atomic E-state index is -1.25. The quantitative estimate of drug-likeness (QED) is 0.249. The zero-order valence-electron chi connectivity index (χ0n) is 22.4. The van der Waals surface area contributed by atoms with Crippen LogP contribution < -0.4 is 21.5 Å². The van der Waals surface area contributed by atoms with E-state index in [0.29, 0.717) is 30.8 Å². The van der Waals surface area contributed by atoms with E-state index in [0.717, 1.165) is 30.4 Å². The summed E-state index contributed by atoms with van der Waals surface area (Å²) >= 11 is 0.963. The highest BCUT2D eigenvalue weighted by molar-refractivity contribution is 7.18. The van der Waals surface area contributed by atoms with Gasteiger partial charge >= 0.3 is 0 Å². The highest BCUT2D eigenvalue weighted by Crippen LogP contribution is 2.45. The molecule has 40 heavy (non-hydrogen) atoms. The minimum Gasteiger partial charge on any atom is -0.397 e. The molecule has 1 aliphatic heterocycles. The van der Waals surface area contributed by atoms with Crippen LogP contribution in [0.3, 0.4) is 0 Å². The number of rotatable bonds is 7. The number of carbonyl (C=O) groups is 1. The number of hydrogen-bond acceptors (Lipinski definition) is 8. The van der Waals surface area contributed by atoms with E-state index in [-0.39, 0.29) is 44.8 Å². The number of halogens is 3. The number of thiophene rings is 1. The summed E-state index contributed by atoms with van der Waals surface area (Å²) in [5.41, 5.74) is 7.83. The molecule has 1 fully saturated rings. The van der Waals surface area contributed by atoms with E-state index < -0.39 is 23.0 Å². The van der Waals surface area contributed by atoms with Gasteiger partial charge in [-0.2, -0.15) is 5.26 Å². The van der Waals surface area contributed by atoms with Crippen LogP contribution in [0.2, 0.25) is 0 Å². The standard InChI is InChI=1S/C28H31F3N6O2S/c1-28(2,15-38)37(34-3)25-21(33)12-19(23(30)24(25)31)26-18(16-5-6-17(14-32)20(29)11-16)13-22(40-26)27(39)36-9-4-7-35-8-10-36/h5-6,11-13,34-35,38H,4,7-10,15,33H2,1-3H3. The monoisotopic (exact) mass is 572 g/mol. The molecule has 8 nitrogen and oxygen atoms in total. The van der Waals surface area contributed by atoms with Crippen molar-refractivity contribution in [2.45, 2.75) is 25.8 Å². The van der Waals surface area contributed by atoms with Crippen molar-refractivity contribution in [3.05, 3.63) is 58.2 Å². The van der Waals surface area contributed by atoms with E-state index in [2.05, 4.69) is 10.7 Å². The Hall–Kier alpha value is -3.63. The van der Waals surface area contributed by atoms with Crippen molar-refractivity contribution in [2.24, 2.45) is 0 Å². The number of amides is 1. The number of nitrogens with zero attached hydrogens (tertiary/aromatic N) is 3. The number of carbonyl (C=O) groups excluding carboxylic acids is 1. The molecule has 0 radical (unpaired) electrons. The van der Waals surface area contributed by atoms with Crippen LogP contribution in [0.1, 0.15) is 35.5 Å². The van der Waals surface area contributed by atoms with E-state index in [1.165, 1.54) is 36.3 Å². The van der Waals surface area contributed by atoms with Crippen LogP contribution in [0.25, 0.3) is 21.6 Å². The van der Waals surface area contributed by atoms with E-state index in [9.17, 15) is 14.3 Å². The maximum absolute atomic E-state index is 15.9. The fraction of sp³-hybridized carbons (Fsp3) is 0.357. The van der Waals surface area contributed by atoms with Crippen molar-refractivity contribution < 1.29 is 23.1 Å². The molecule has 1 amide bonds. The van der Waals surface area contributed by atoms with Gasteiger partial charge in [0.25, 0.3) is 5.91 Å². The molecule has 2 heterocycles. The minimum absolute atomic E-state index is 0.110. The molecule has 12 heteroatoms. The molecule has 0 unspecified atom stereocenters. The Balaban J connectivity index is 1.91. The summed E-state index contributed by atoms with van der Waals surface area (Å²) < 4.78 is 46.2. The van der Waals surface area contributed by atoms with Crippen LogP contribution >= 0.6 is 11.3 Å². The summed E-state index contributed by atoms with van der Waals surface area (Å²) in [6, 6.07) is 8.49. The van der Waals surface area contributed by atoms with Gasteiger partial charge in [-0.15, -0.1) is 11.3 Å². The second-order valence-electron chi connectivity index (χ2n) is 10.1. The van der Waals surface area contributed by atoms with E-state index >= 15 is 8.78 Å². The molecule has 4 rings (SSSR count). The third kappa shape index (κ3) is 5.51. The summed E-state index contributed by atoms with van der Waals surface area (Å²) in [6.45, 7) is 5.29. The molecule has 0 saturated carbocycles. The van der Waals surface area contributed by atoms with Gasteiger partial charge in [-0.3, -0.25) is 9.80 Å². The summed E-state index contributed by atoms with van der Waals surface area (Å²) in [4.78, 5) is 15.6. The van der Waals surface area contributed by atoms with Crippen LogP contribution in [0.5, 0.6) is 0 Å². The second-order valence-corrected chi connectivity index (χ2v) is 11.1. The third-order valence-corrected chi connectivity index (χ3v) is 8.02. The first-order valence-electron chi connectivity index (χ1n) is 12.7. The first-order valence-corrected chi connectivity index (χ1v) is 13.6. The van der Waals surface area contributed by atoms with Crippen molar-refractivity contribution in [3.8, 4) is 27.6 Å². The predicted octanol–water partition coefficient (Wildman–Crippen LogP) is 4.10. The average molecular weight is 573 g/mol. The fourth-order valence-electron chi connectivity index (χ4n) is 4.71. The van der Waals surface area contributed by atoms with Gasteiger partial charge in [0.1, 0.15) is 17.6 Å². The lowest BCUT2D eigenvalue weighted by Crippen LogP contribution is -2.54. The number of hydrogen-bond donors (Lipinski definition) is 4. The van der Waals surface area contributed by atoms with Gasteiger partial charge in [-0.05, 0) is 56.6 Å². The molecule has 1 saturated heterocycles. The molecule has 1 aromatic heterocycles. The number of nitrogens with one attached hydrogen (secondary N) is 2. The topological polar surface area (TPSA) is 118 Å². The molecule has 0 aliphatic carbocycles. The summed E-state index contributed by atoms with van der Waals surface area (Å²) in [7, 11) is 1.50. The van der Waals surface area contributed by atoms with Gasteiger partial charge in [-0.1, -0.05) is 6.07 Å². The Bertz CT molecular complexity index is 1460. The Morgan fingerprint density at radius 1 is 1.20 bits per heavy atom. The maximum atomic E-state index is 15.9. The van der Waals surface area contributed by atoms with Crippen molar-refractivity contribution >= 4 is 28.6 Å². The fourth-order valence-corrected chi connectivity index (χ4v) is 5.86. The van der Waals surface area contributed by atoms with E-state index in [1.807, 2.05) is 0 Å². The van der Waals surface area contributed by atoms with E-state index in [1.54, 1.807) is 24.8 Å². The SMILES string of the molecule is CNN(c1c(N)cc(-c2sc(C(=O)N3CCCNCC3)cc2-c2ccc(C#N)c(F)c2)c(F)c1F)C(C)(C)CO. The van der Waals surface area contributed by atoms with E-state index in [4.69, 9.17) is 11.0 Å². The van der Waals surface area contributed by atoms with Crippen molar-refractivity contribution in [2.75, 3.05) is 50.6 Å². The molecule has 0 bridgehead atoms. The number of anilines is 2. The molecule has 5 N–H and O–H groups in total. The molecular weight excluding hydrogens is 541 g/mol. The Kier molecular flexibility index (Phi) is 8.70. The van der Waals surface area contributed by atoms with Crippen LogP contribution in [-0.4, -0.2) is 61.3 Å². The number of hydrazine groups is 1. The Morgan fingerprint density at radius 3 is 2.60 bits per heavy atom. The maximum Gasteiger partial charge on any atom is 0.264 e. The number of benzene rings is 2. The smallest absolute Gasteiger partial charge is 0.264 e. The van der Waals surface area contributed by atoms with Gasteiger partial charge in [0.05, 0.1) is 28.3 Å². The molecule has 0 atom stereocenters. The zero-order valence-corrected chi connectivity index (χ0v) is 23.3. The number of nitrogen functional groups attached to an aromatic ring is 1. The normalized spacial score (nSPS) is 14.1. The van der Waals surface area contributed by atoms with Crippen molar-refractivity contribution in [1.29, 1.82) is 5.26 Å². The molecule has 0 spiro atoms. The number of aliphatic hydroxyl groups is 1. The third-order valence-electron chi connectivity index (χ3n) is 6.87. The van der Waals surface area contributed by atoms with Crippen LogP contribution in [0.15, 0.2) is 30.3 Å². The van der Waals surface area contributed by atoms with Gasteiger partial charge in [0, 0.05) is 42.7 Å². The molecule has 2 aromatic carbocycles. The summed E-state index contributed by atoms with van der Waals surface area (Å²) in [6.07, 6.45) is 0.766. The Labute approximate surface area is 234 Å². The predicted molar refractivity (Wildman–Crippen MR) is 150 cm³/mol. The zero-order chi connectivity index (χ0) is 29.2.